The van der Waals surface area contributed by atoms with E-state index in [1.807, 2.05) is 0 Å². The molecule has 2 rings (SSSR count). The zero-order chi connectivity index (χ0) is 19.3. The number of aliphatic hydroxyl groups excluding tert-OH is 1. The number of ether oxygens (including phenoxy) is 1. The predicted octanol–water partition coefficient (Wildman–Crippen LogP) is 2.49. The molecule has 0 unspecified atom stereocenters. The van der Waals surface area contributed by atoms with Crippen LogP contribution in [0.4, 0.5) is 10.1 Å². The SMILES string of the molecule is COc1ccc(S(=O)(=O)C[C@@H](C)CO)cc1C(=O)Nc1ccc(F)cc1. The third kappa shape index (κ3) is 4.80. The van der Waals surface area contributed by atoms with Gasteiger partial charge in [0.2, 0.25) is 0 Å². The minimum absolute atomic E-state index is 0.0366. The predicted molar refractivity (Wildman–Crippen MR) is 95.6 cm³/mol. The largest absolute Gasteiger partial charge is 0.496 e. The topological polar surface area (TPSA) is 92.7 Å². The quantitative estimate of drug-likeness (QED) is 0.769. The minimum atomic E-state index is -3.68. The van der Waals surface area contributed by atoms with Gasteiger partial charge in [-0.1, -0.05) is 6.92 Å². The number of nitrogens with one attached hydrogen (secondary N) is 1. The number of methoxy groups -OCH3 is 1. The van der Waals surface area contributed by atoms with Crippen molar-refractivity contribution in [2.75, 3.05) is 24.8 Å². The van der Waals surface area contributed by atoms with E-state index in [2.05, 4.69) is 5.32 Å². The molecule has 26 heavy (non-hydrogen) atoms. The number of carbonyl (C=O) groups excluding carboxylic acids is 1. The Bertz CT molecular complexity index is 881. The van der Waals surface area contributed by atoms with E-state index >= 15 is 0 Å². The molecule has 2 N–H and O–H groups in total. The monoisotopic (exact) mass is 381 g/mol. The Morgan fingerprint density at radius 2 is 1.88 bits per heavy atom. The van der Waals surface area contributed by atoms with E-state index in [4.69, 9.17) is 9.84 Å². The summed E-state index contributed by atoms with van der Waals surface area (Å²) in [6.07, 6.45) is 0. The smallest absolute Gasteiger partial charge is 0.259 e. The van der Waals surface area contributed by atoms with Crippen LogP contribution in [0.5, 0.6) is 5.75 Å². The molecule has 0 saturated carbocycles. The fraction of sp³-hybridized carbons (Fsp3) is 0.278. The van der Waals surface area contributed by atoms with Crippen molar-refractivity contribution in [3.63, 3.8) is 0 Å². The fourth-order valence-corrected chi connectivity index (χ4v) is 3.93. The Balaban J connectivity index is 2.34. The number of benzene rings is 2. The van der Waals surface area contributed by atoms with E-state index in [-0.39, 0.29) is 28.6 Å². The average Bonchev–Trinajstić information content (AvgIpc) is 2.62. The molecule has 140 valence electrons. The molecule has 1 amide bonds. The summed E-state index contributed by atoms with van der Waals surface area (Å²) in [4.78, 5) is 12.5. The first-order chi connectivity index (χ1) is 12.3. The molecule has 8 heteroatoms. The molecule has 0 spiro atoms. The summed E-state index contributed by atoms with van der Waals surface area (Å²) in [6.45, 7) is 1.36. The van der Waals surface area contributed by atoms with Crippen LogP contribution in [-0.4, -0.2) is 38.9 Å². The number of sulfone groups is 1. The van der Waals surface area contributed by atoms with Gasteiger partial charge < -0.3 is 15.2 Å². The van der Waals surface area contributed by atoms with E-state index in [0.717, 1.165) is 0 Å². The average molecular weight is 381 g/mol. The number of hydrogen-bond donors (Lipinski definition) is 2. The second kappa shape index (κ2) is 8.29. The molecule has 2 aromatic rings. The lowest BCUT2D eigenvalue weighted by molar-refractivity contribution is 0.102. The zero-order valence-electron chi connectivity index (χ0n) is 14.4. The van der Waals surface area contributed by atoms with Gasteiger partial charge in [-0.2, -0.15) is 0 Å². The number of aliphatic hydroxyl groups is 1. The van der Waals surface area contributed by atoms with Crippen molar-refractivity contribution in [2.45, 2.75) is 11.8 Å². The third-order valence-electron chi connectivity index (χ3n) is 3.69. The highest BCUT2D eigenvalue weighted by Crippen LogP contribution is 2.25. The molecule has 0 aliphatic rings. The van der Waals surface area contributed by atoms with Gasteiger partial charge in [0.25, 0.3) is 5.91 Å². The van der Waals surface area contributed by atoms with E-state index in [9.17, 15) is 17.6 Å². The van der Waals surface area contributed by atoms with Gasteiger partial charge in [-0.3, -0.25) is 4.79 Å². The Morgan fingerprint density at radius 3 is 2.46 bits per heavy atom. The standard InChI is InChI=1S/C18H20FNO5S/c1-12(10-21)11-26(23,24)15-7-8-17(25-2)16(9-15)18(22)20-14-5-3-13(19)4-6-14/h3-9,12,21H,10-11H2,1-2H3,(H,20,22)/t12-/m0/s1. The highest BCUT2D eigenvalue weighted by Gasteiger charge is 2.22. The maximum Gasteiger partial charge on any atom is 0.259 e. The van der Waals surface area contributed by atoms with Gasteiger partial charge in [-0.05, 0) is 48.4 Å². The minimum Gasteiger partial charge on any atom is -0.496 e. The number of rotatable bonds is 7. The van der Waals surface area contributed by atoms with Gasteiger partial charge in [-0.25, -0.2) is 12.8 Å². The zero-order valence-corrected chi connectivity index (χ0v) is 15.2. The second-order valence-electron chi connectivity index (χ2n) is 5.89. The van der Waals surface area contributed by atoms with Crippen molar-refractivity contribution in [3.8, 4) is 5.75 Å². The highest BCUT2D eigenvalue weighted by atomic mass is 32.2. The van der Waals surface area contributed by atoms with Gasteiger partial charge >= 0.3 is 0 Å². The molecule has 0 fully saturated rings. The molecule has 0 aliphatic carbocycles. The summed E-state index contributed by atoms with van der Waals surface area (Å²) in [7, 11) is -2.31. The Labute approximate surface area is 151 Å². The van der Waals surface area contributed by atoms with E-state index in [1.165, 1.54) is 49.6 Å². The number of hydrogen-bond acceptors (Lipinski definition) is 5. The maximum atomic E-state index is 13.0. The molecule has 2 aromatic carbocycles. The fourth-order valence-electron chi connectivity index (χ4n) is 2.31. The summed E-state index contributed by atoms with van der Waals surface area (Å²) in [6, 6.07) is 9.17. The van der Waals surface area contributed by atoms with Gasteiger partial charge in [0.05, 0.1) is 23.3 Å². The van der Waals surface area contributed by atoms with Gasteiger partial charge in [-0.15, -0.1) is 0 Å². The first-order valence-corrected chi connectivity index (χ1v) is 9.50. The summed E-state index contributed by atoms with van der Waals surface area (Å²) >= 11 is 0. The summed E-state index contributed by atoms with van der Waals surface area (Å²) < 4.78 is 43.0. The number of carbonyl (C=O) groups is 1. The van der Waals surface area contributed by atoms with Crippen molar-refractivity contribution in [2.24, 2.45) is 5.92 Å². The van der Waals surface area contributed by atoms with Crippen molar-refractivity contribution in [3.05, 3.63) is 53.8 Å². The molecule has 0 heterocycles. The number of amides is 1. The number of anilines is 1. The lowest BCUT2D eigenvalue weighted by Gasteiger charge is -2.13. The normalized spacial score (nSPS) is 12.5. The van der Waals surface area contributed by atoms with E-state index in [1.54, 1.807) is 6.92 Å². The first kappa shape index (κ1) is 19.9. The van der Waals surface area contributed by atoms with Gasteiger partial charge in [0.15, 0.2) is 9.84 Å². The molecular weight excluding hydrogens is 361 g/mol. The van der Waals surface area contributed by atoms with Gasteiger partial charge in [0.1, 0.15) is 11.6 Å². The Hall–Kier alpha value is -2.45. The molecule has 0 bridgehead atoms. The van der Waals surface area contributed by atoms with Crippen LogP contribution in [0.1, 0.15) is 17.3 Å². The number of halogens is 1. The molecule has 0 aromatic heterocycles. The van der Waals surface area contributed by atoms with Crippen molar-refractivity contribution in [1.29, 1.82) is 0 Å². The van der Waals surface area contributed by atoms with Crippen molar-refractivity contribution < 1.29 is 27.4 Å². The first-order valence-electron chi connectivity index (χ1n) is 7.85. The molecule has 0 saturated heterocycles. The highest BCUT2D eigenvalue weighted by molar-refractivity contribution is 7.91. The Kier molecular flexibility index (Phi) is 6.33. The lowest BCUT2D eigenvalue weighted by Crippen LogP contribution is -2.18. The van der Waals surface area contributed by atoms with E-state index < -0.39 is 27.5 Å². The third-order valence-corrected chi connectivity index (χ3v) is 5.67. The van der Waals surface area contributed by atoms with Crippen LogP contribution in [-0.2, 0) is 9.84 Å². The van der Waals surface area contributed by atoms with Gasteiger partial charge in [0, 0.05) is 12.3 Å². The second-order valence-corrected chi connectivity index (χ2v) is 7.93. The molecule has 0 aliphatic heterocycles. The van der Waals surface area contributed by atoms with Crippen LogP contribution in [0, 0.1) is 11.7 Å². The molecule has 6 nitrogen and oxygen atoms in total. The lowest BCUT2D eigenvalue weighted by atomic mass is 10.2. The summed E-state index contributed by atoms with van der Waals surface area (Å²) in [5.41, 5.74) is 0.398. The van der Waals surface area contributed by atoms with Crippen molar-refractivity contribution in [1.82, 2.24) is 0 Å². The Morgan fingerprint density at radius 1 is 1.23 bits per heavy atom. The van der Waals surface area contributed by atoms with Crippen LogP contribution < -0.4 is 10.1 Å². The molecular formula is C18H20FNO5S. The maximum absolute atomic E-state index is 13.0. The van der Waals surface area contributed by atoms with Crippen LogP contribution in [0.3, 0.4) is 0 Å². The molecule has 1 atom stereocenters. The molecule has 0 radical (unpaired) electrons. The van der Waals surface area contributed by atoms with Crippen molar-refractivity contribution >= 4 is 21.4 Å². The van der Waals surface area contributed by atoms with Crippen LogP contribution in [0.25, 0.3) is 0 Å². The van der Waals surface area contributed by atoms with E-state index in [0.29, 0.717) is 5.69 Å². The summed E-state index contributed by atoms with van der Waals surface area (Å²) in [5.74, 6) is -1.49. The van der Waals surface area contributed by atoms with Crippen LogP contribution >= 0.6 is 0 Å². The summed E-state index contributed by atoms with van der Waals surface area (Å²) in [5, 5.41) is 11.6. The van der Waals surface area contributed by atoms with Crippen LogP contribution in [0.2, 0.25) is 0 Å². The van der Waals surface area contributed by atoms with Crippen LogP contribution in [0.15, 0.2) is 47.4 Å².